The number of benzene rings is 1. The summed E-state index contributed by atoms with van der Waals surface area (Å²) in [5.41, 5.74) is 11.8. The van der Waals surface area contributed by atoms with Crippen molar-refractivity contribution in [1.82, 2.24) is 0 Å². The van der Waals surface area contributed by atoms with Gasteiger partial charge in [-0.1, -0.05) is 30.9 Å². The van der Waals surface area contributed by atoms with Gasteiger partial charge in [-0.15, -0.1) is 0 Å². The molecule has 2 rings (SSSR count). The predicted molar refractivity (Wildman–Crippen MR) is 83.2 cm³/mol. The molecule has 0 aliphatic heterocycles. The predicted octanol–water partition coefficient (Wildman–Crippen LogP) is 2.43. The van der Waals surface area contributed by atoms with E-state index < -0.39 is 11.4 Å². The molecule has 114 valence electrons. The topological polar surface area (TPSA) is 98.2 Å². The molecule has 5 nitrogen and oxygen atoms in total. The van der Waals surface area contributed by atoms with Crippen LogP contribution in [0.25, 0.3) is 0 Å². The summed E-state index contributed by atoms with van der Waals surface area (Å²) in [4.78, 5) is 23.2. The molecule has 0 saturated heterocycles. The van der Waals surface area contributed by atoms with E-state index in [0.717, 1.165) is 25.7 Å². The third-order valence-corrected chi connectivity index (χ3v) is 4.19. The fraction of sp³-hybridized carbons (Fsp3) is 0.467. The van der Waals surface area contributed by atoms with Gasteiger partial charge < -0.3 is 16.8 Å². The molecule has 0 aromatic heterocycles. The lowest BCUT2D eigenvalue weighted by atomic mass is 9.80. The summed E-state index contributed by atoms with van der Waals surface area (Å²) in [5.74, 6) is -0.733. The Balaban J connectivity index is 1.99. The van der Waals surface area contributed by atoms with Crippen LogP contribution in [0.15, 0.2) is 18.2 Å². The summed E-state index contributed by atoms with van der Waals surface area (Å²) in [5, 5.41) is 2.99. The van der Waals surface area contributed by atoms with E-state index in [1.54, 1.807) is 6.07 Å². The maximum Gasteiger partial charge on any atom is 0.250 e. The van der Waals surface area contributed by atoms with Gasteiger partial charge in [0.2, 0.25) is 11.8 Å². The highest BCUT2D eigenvalue weighted by Crippen LogP contribution is 2.29. The highest BCUT2D eigenvalue weighted by Gasteiger charge is 2.30. The summed E-state index contributed by atoms with van der Waals surface area (Å²) in [6, 6.07) is 4.62. The van der Waals surface area contributed by atoms with E-state index in [1.807, 2.05) is 0 Å². The number of nitrogens with two attached hydrogens (primary N) is 2. The number of anilines is 1. The number of halogens is 1. The van der Waals surface area contributed by atoms with Crippen LogP contribution < -0.4 is 16.8 Å². The molecule has 1 aromatic carbocycles. The van der Waals surface area contributed by atoms with E-state index in [9.17, 15) is 9.59 Å². The highest BCUT2D eigenvalue weighted by molar-refractivity contribution is 6.34. The van der Waals surface area contributed by atoms with Crippen LogP contribution in [-0.2, 0) is 4.79 Å². The van der Waals surface area contributed by atoms with Gasteiger partial charge >= 0.3 is 0 Å². The average molecular weight is 310 g/mol. The molecule has 1 aromatic rings. The quantitative estimate of drug-likeness (QED) is 0.796. The van der Waals surface area contributed by atoms with Crippen molar-refractivity contribution in [3.8, 4) is 0 Å². The van der Waals surface area contributed by atoms with Crippen LogP contribution in [0, 0.1) is 0 Å². The Bertz CT molecular complexity index is 554. The number of carbonyl (C=O) groups is 2. The van der Waals surface area contributed by atoms with Crippen molar-refractivity contribution in [2.24, 2.45) is 11.5 Å². The molecule has 1 fully saturated rings. The molecule has 0 radical (unpaired) electrons. The summed E-state index contributed by atoms with van der Waals surface area (Å²) in [6.07, 6.45) is 5.38. The van der Waals surface area contributed by atoms with Crippen LogP contribution >= 0.6 is 11.6 Å². The van der Waals surface area contributed by atoms with Gasteiger partial charge in [-0.3, -0.25) is 9.59 Å². The lowest BCUT2D eigenvalue weighted by Gasteiger charge is -2.32. The Labute approximate surface area is 129 Å². The first-order valence-corrected chi connectivity index (χ1v) is 7.45. The number of amides is 2. The molecule has 21 heavy (non-hydrogen) atoms. The zero-order valence-corrected chi connectivity index (χ0v) is 12.6. The van der Waals surface area contributed by atoms with Crippen LogP contribution in [0.4, 0.5) is 5.69 Å². The second-order valence-electron chi connectivity index (χ2n) is 5.71. The van der Waals surface area contributed by atoms with Crippen molar-refractivity contribution in [3.05, 3.63) is 28.8 Å². The monoisotopic (exact) mass is 309 g/mol. The molecule has 1 aliphatic rings. The number of hydrogen-bond donors (Lipinski definition) is 3. The molecular formula is C15H20ClN3O2. The zero-order valence-electron chi connectivity index (χ0n) is 11.8. The van der Waals surface area contributed by atoms with Crippen LogP contribution in [0.2, 0.25) is 5.02 Å². The highest BCUT2D eigenvalue weighted by atomic mass is 35.5. The van der Waals surface area contributed by atoms with Crippen LogP contribution in [0.1, 0.15) is 48.9 Å². The van der Waals surface area contributed by atoms with Crippen molar-refractivity contribution in [2.75, 3.05) is 5.32 Å². The molecule has 5 N–H and O–H groups in total. The van der Waals surface area contributed by atoms with E-state index in [2.05, 4.69) is 5.32 Å². The molecule has 1 saturated carbocycles. The molecule has 0 bridgehead atoms. The Kier molecular flexibility index (Phi) is 4.85. The molecular weight excluding hydrogens is 290 g/mol. The van der Waals surface area contributed by atoms with Gasteiger partial charge in [0.15, 0.2) is 0 Å². The molecule has 0 heterocycles. The Morgan fingerprint density at radius 1 is 1.24 bits per heavy atom. The average Bonchev–Trinajstić information content (AvgIpc) is 2.38. The molecule has 2 amide bonds. The van der Waals surface area contributed by atoms with Gasteiger partial charge in [0, 0.05) is 17.6 Å². The molecule has 0 unspecified atom stereocenters. The lowest BCUT2D eigenvalue weighted by Crippen LogP contribution is -2.44. The SMILES string of the molecule is NC(=O)c1ccc(NC(=O)CC2(N)CCCCC2)cc1Cl. The van der Waals surface area contributed by atoms with Crippen LogP contribution in [0.5, 0.6) is 0 Å². The molecule has 0 spiro atoms. The lowest BCUT2D eigenvalue weighted by molar-refractivity contribution is -0.117. The Morgan fingerprint density at radius 3 is 2.48 bits per heavy atom. The third-order valence-electron chi connectivity index (χ3n) is 3.88. The Hall–Kier alpha value is -1.59. The second kappa shape index (κ2) is 6.45. The van der Waals surface area contributed by atoms with Crippen molar-refractivity contribution < 1.29 is 9.59 Å². The van der Waals surface area contributed by atoms with E-state index in [1.165, 1.54) is 18.6 Å². The minimum atomic E-state index is -0.596. The summed E-state index contributed by atoms with van der Waals surface area (Å²) >= 11 is 5.95. The van der Waals surface area contributed by atoms with Gasteiger partial charge in [-0.2, -0.15) is 0 Å². The first-order valence-electron chi connectivity index (χ1n) is 7.08. The van der Waals surface area contributed by atoms with E-state index in [0.29, 0.717) is 12.1 Å². The smallest absolute Gasteiger partial charge is 0.250 e. The van der Waals surface area contributed by atoms with E-state index in [4.69, 9.17) is 23.1 Å². The minimum Gasteiger partial charge on any atom is -0.366 e. The number of primary amides is 1. The standard InChI is InChI=1S/C15H20ClN3O2/c16-12-8-10(4-5-11(12)14(17)21)19-13(20)9-15(18)6-2-1-3-7-15/h4-5,8H,1-3,6-7,9,18H2,(H2,17,21)(H,19,20). The van der Waals surface area contributed by atoms with Crippen LogP contribution in [-0.4, -0.2) is 17.4 Å². The van der Waals surface area contributed by atoms with Crippen molar-refractivity contribution in [2.45, 2.75) is 44.1 Å². The van der Waals surface area contributed by atoms with Gasteiger partial charge in [-0.05, 0) is 31.0 Å². The van der Waals surface area contributed by atoms with E-state index in [-0.39, 0.29) is 16.5 Å². The van der Waals surface area contributed by atoms with Gasteiger partial charge in [-0.25, -0.2) is 0 Å². The maximum absolute atomic E-state index is 12.1. The maximum atomic E-state index is 12.1. The van der Waals surface area contributed by atoms with Crippen molar-refractivity contribution in [1.29, 1.82) is 0 Å². The molecule has 6 heteroatoms. The first-order chi connectivity index (χ1) is 9.89. The number of carbonyl (C=O) groups excluding carboxylic acids is 2. The minimum absolute atomic E-state index is 0.137. The van der Waals surface area contributed by atoms with Crippen LogP contribution in [0.3, 0.4) is 0 Å². The van der Waals surface area contributed by atoms with Gasteiger partial charge in [0.25, 0.3) is 0 Å². The fourth-order valence-corrected chi connectivity index (χ4v) is 3.02. The largest absolute Gasteiger partial charge is 0.366 e. The Morgan fingerprint density at radius 2 is 1.90 bits per heavy atom. The number of rotatable bonds is 4. The molecule has 1 aliphatic carbocycles. The normalized spacial score (nSPS) is 17.2. The second-order valence-corrected chi connectivity index (χ2v) is 6.11. The van der Waals surface area contributed by atoms with Gasteiger partial charge in [0.05, 0.1) is 10.6 Å². The van der Waals surface area contributed by atoms with E-state index >= 15 is 0 Å². The third kappa shape index (κ3) is 4.19. The first kappa shape index (κ1) is 15.8. The fourth-order valence-electron chi connectivity index (χ4n) is 2.75. The summed E-state index contributed by atoms with van der Waals surface area (Å²) in [6.45, 7) is 0. The zero-order chi connectivity index (χ0) is 15.5. The summed E-state index contributed by atoms with van der Waals surface area (Å²) < 4.78 is 0. The van der Waals surface area contributed by atoms with Crippen molar-refractivity contribution in [3.63, 3.8) is 0 Å². The summed E-state index contributed by atoms with van der Waals surface area (Å²) in [7, 11) is 0. The molecule has 0 atom stereocenters. The van der Waals surface area contributed by atoms with Crippen molar-refractivity contribution >= 4 is 29.1 Å². The van der Waals surface area contributed by atoms with Gasteiger partial charge in [0.1, 0.15) is 0 Å². The number of hydrogen-bond acceptors (Lipinski definition) is 3. The number of nitrogens with one attached hydrogen (secondary N) is 1.